The molecule has 0 saturated carbocycles. The second-order valence-electron chi connectivity index (χ2n) is 7.78. The molecule has 0 amide bonds. The Morgan fingerprint density at radius 3 is 2.40 bits per heavy atom. The molecular weight excluding hydrogens is 507 g/mol. The van der Waals surface area contributed by atoms with Crippen LogP contribution in [0.3, 0.4) is 0 Å². The van der Waals surface area contributed by atoms with E-state index in [2.05, 4.69) is 43.5 Å². The van der Waals surface area contributed by atoms with Crippen molar-refractivity contribution in [3.8, 4) is 5.75 Å². The average molecular weight is 538 g/mol. The van der Waals surface area contributed by atoms with E-state index in [1.807, 2.05) is 32.0 Å². The van der Waals surface area contributed by atoms with E-state index in [1.165, 1.54) is 0 Å². The van der Waals surface area contributed by atoms with Crippen LogP contribution in [-0.4, -0.2) is 55.2 Å². The third-order valence-electron chi connectivity index (χ3n) is 5.51. The van der Waals surface area contributed by atoms with Crippen molar-refractivity contribution in [2.75, 3.05) is 55.9 Å². The number of aromatic nitrogens is 2. The Labute approximate surface area is 222 Å². The van der Waals surface area contributed by atoms with Crippen molar-refractivity contribution in [3.63, 3.8) is 0 Å². The number of hydrogen-bond acceptors (Lipinski definition) is 7. The molecule has 0 unspecified atom stereocenters. The zero-order chi connectivity index (χ0) is 25.4. The van der Waals surface area contributed by atoms with E-state index in [9.17, 15) is 0 Å². The lowest BCUT2D eigenvalue weighted by molar-refractivity contribution is 0.312. The molecule has 0 aliphatic carbocycles. The van der Waals surface area contributed by atoms with Crippen LogP contribution in [0.15, 0.2) is 42.6 Å². The van der Waals surface area contributed by atoms with Crippen molar-refractivity contribution in [3.05, 3.63) is 63.2 Å². The standard InChI is InChI=1S/C23H25Cl3N6O.C2H6/c1-31-7-9-32(10-8-31)17-5-6-20(21(12-17)33-2)29-23-28-14-19(26)22(30-23)27-13-15-3-4-16(24)11-18(15)25;1-2/h3-6,11-12,14H,7-10,13H2,1-2H3,(H2,27,28,29,30);1-2H3. The largest absolute Gasteiger partial charge is 0.494 e. The molecule has 1 aliphatic rings. The molecule has 0 bridgehead atoms. The number of likely N-dealkylation sites (N-methyl/N-ethyl adjacent to an activating group) is 1. The first kappa shape index (κ1) is 27.1. The van der Waals surface area contributed by atoms with Crippen molar-refractivity contribution in [1.29, 1.82) is 0 Å². The number of halogens is 3. The van der Waals surface area contributed by atoms with Gasteiger partial charge in [0.25, 0.3) is 0 Å². The first-order chi connectivity index (χ1) is 16.9. The van der Waals surface area contributed by atoms with Gasteiger partial charge in [-0.1, -0.05) is 54.7 Å². The maximum absolute atomic E-state index is 6.30. The van der Waals surface area contributed by atoms with E-state index in [-0.39, 0.29) is 0 Å². The van der Waals surface area contributed by atoms with E-state index in [0.717, 1.165) is 43.1 Å². The molecule has 1 aromatic heterocycles. The van der Waals surface area contributed by atoms with Crippen LogP contribution in [0.2, 0.25) is 15.1 Å². The first-order valence-electron chi connectivity index (χ1n) is 11.5. The fraction of sp³-hybridized carbons (Fsp3) is 0.360. The molecule has 0 spiro atoms. The first-order valence-corrected chi connectivity index (χ1v) is 12.6. The Balaban J connectivity index is 0.00000167. The van der Waals surface area contributed by atoms with Crippen LogP contribution in [0, 0.1) is 0 Å². The predicted molar refractivity (Wildman–Crippen MR) is 148 cm³/mol. The van der Waals surface area contributed by atoms with Gasteiger partial charge < -0.3 is 25.2 Å². The normalized spacial score (nSPS) is 13.6. The zero-order valence-electron chi connectivity index (χ0n) is 20.4. The van der Waals surface area contributed by atoms with Crippen molar-refractivity contribution in [2.24, 2.45) is 0 Å². The van der Waals surface area contributed by atoms with Gasteiger partial charge in [-0.05, 0) is 36.9 Å². The second kappa shape index (κ2) is 13.0. The van der Waals surface area contributed by atoms with Crippen LogP contribution in [0.4, 0.5) is 23.1 Å². The Hall–Kier alpha value is -2.45. The molecule has 1 fully saturated rings. The monoisotopic (exact) mass is 536 g/mol. The SMILES string of the molecule is CC.COc1cc(N2CCN(C)CC2)ccc1Nc1ncc(Cl)c(NCc2ccc(Cl)cc2Cl)n1. The Bertz CT molecular complexity index is 1120. The Kier molecular flexibility index (Phi) is 10.1. The number of nitrogens with zero attached hydrogens (tertiary/aromatic N) is 4. The molecule has 0 atom stereocenters. The Morgan fingerprint density at radius 1 is 0.971 bits per heavy atom. The fourth-order valence-corrected chi connectivity index (χ4v) is 4.19. The average Bonchev–Trinajstić information content (AvgIpc) is 2.87. The minimum atomic E-state index is 0.398. The summed E-state index contributed by atoms with van der Waals surface area (Å²) in [6.45, 7) is 8.49. The number of benzene rings is 2. The van der Waals surface area contributed by atoms with Crippen LogP contribution in [0.25, 0.3) is 0 Å². The van der Waals surface area contributed by atoms with Crippen molar-refractivity contribution >= 4 is 57.9 Å². The third kappa shape index (κ3) is 7.27. The number of rotatable bonds is 7. The predicted octanol–water partition coefficient (Wildman–Crippen LogP) is 6.58. The number of piperazine rings is 1. The van der Waals surface area contributed by atoms with E-state index >= 15 is 0 Å². The minimum absolute atomic E-state index is 0.398. The quantitative estimate of drug-likeness (QED) is 0.353. The molecule has 35 heavy (non-hydrogen) atoms. The smallest absolute Gasteiger partial charge is 0.229 e. The van der Waals surface area contributed by atoms with Gasteiger partial charge in [0.2, 0.25) is 5.95 Å². The molecule has 10 heteroatoms. The van der Waals surface area contributed by atoms with Gasteiger partial charge in [-0.15, -0.1) is 0 Å². The van der Waals surface area contributed by atoms with Gasteiger partial charge in [-0.2, -0.15) is 4.98 Å². The molecule has 4 rings (SSSR count). The minimum Gasteiger partial charge on any atom is -0.494 e. The summed E-state index contributed by atoms with van der Waals surface area (Å²) >= 11 is 18.5. The van der Waals surface area contributed by atoms with Crippen LogP contribution in [0.5, 0.6) is 5.75 Å². The number of methoxy groups -OCH3 is 1. The highest BCUT2D eigenvalue weighted by Crippen LogP contribution is 2.32. The van der Waals surface area contributed by atoms with E-state index in [4.69, 9.17) is 39.5 Å². The van der Waals surface area contributed by atoms with Gasteiger partial charge in [-0.3, -0.25) is 0 Å². The molecule has 2 aromatic carbocycles. The maximum Gasteiger partial charge on any atom is 0.229 e. The molecule has 1 aliphatic heterocycles. The molecule has 2 N–H and O–H groups in total. The third-order valence-corrected chi connectivity index (χ3v) is 6.37. The van der Waals surface area contributed by atoms with Crippen LogP contribution in [-0.2, 0) is 6.54 Å². The summed E-state index contributed by atoms with van der Waals surface area (Å²) in [5, 5.41) is 8.00. The van der Waals surface area contributed by atoms with Crippen LogP contribution < -0.4 is 20.3 Å². The molecule has 1 saturated heterocycles. The zero-order valence-corrected chi connectivity index (χ0v) is 22.7. The topological polar surface area (TPSA) is 65.6 Å². The van der Waals surface area contributed by atoms with Crippen molar-refractivity contribution in [1.82, 2.24) is 14.9 Å². The summed E-state index contributed by atoms with van der Waals surface area (Å²) in [5.74, 6) is 1.61. The van der Waals surface area contributed by atoms with E-state index in [0.29, 0.717) is 39.1 Å². The van der Waals surface area contributed by atoms with Crippen LogP contribution in [0.1, 0.15) is 19.4 Å². The van der Waals surface area contributed by atoms with Gasteiger partial charge >= 0.3 is 0 Å². The highest BCUT2D eigenvalue weighted by Gasteiger charge is 2.16. The molecule has 188 valence electrons. The van der Waals surface area contributed by atoms with Gasteiger partial charge in [0.15, 0.2) is 5.82 Å². The lowest BCUT2D eigenvalue weighted by atomic mass is 10.2. The van der Waals surface area contributed by atoms with E-state index < -0.39 is 0 Å². The summed E-state index contributed by atoms with van der Waals surface area (Å²) < 4.78 is 5.63. The maximum atomic E-state index is 6.30. The van der Waals surface area contributed by atoms with Crippen molar-refractivity contribution < 1.29 is 4.74 Å². The summed E-state index contributed by atoms with van der Waals surface area (Å²) in [6.07, 6.45) is 1.55. The van der Waals surface area contributed by atoms with Crippen molar-refractivity contribution in [2.45, 2.75) is 20.4 Å². The molecule has 0 radical (unpaired) electrons. The fourth-order valence-electron chi connectivity index (χ4n) is 3.56. The number of nitrogens with one attached hydrogen (secondary N) is 2. The lowest BCUT2D eigenvalue weighted by Gasteiger charge is -2.34. The summed E-state index contributed by atoms with van der Waals surface area (Å²) in [5.41, 5.74) is 2.78. The number of anilines is 4. The lowest BCUT2D eigenvalue weighted by Crippen LogP contribution is -2.44. The van der Waals surface area contributed by atoms with E-state index in [1.54, 1.807) is 25.4 Å². The van der Waals surface area contributed by atoms with Gasteiger partial charge in [0.05, 0.1) is 19.0 Å². The highest BCUT2D eigenvalue weighted by molar-refractivity contribution is 6.35. The molecule has 3 aromatic rings. The molecule has 2 heterocycles. The summed E-state index contributed by atoms with van der Waals surface area (Å²) in [4.78, 5) is 13.5. The molecule has 7 nitrogen and oxygen atoms in total. The van der Waals surface area contributed by atoms with Gasteiger partial charge in [0.1, 0.15) is 10.8 Å². The second-order valence-corrected chi connectivity index (χ2v) is 9.03. The Morgan fingerprint density at radius 2 is 1.71 bits per heavy atom. The number of hydrogen-bond donors (Lipinski definition) is 2. The highest BCUT2D eigenvalue weighted by atomic mass is 35.5. The summed E-state index contributed by atoms with van der Waals surface area (Å²) in [6, 6.07) is 11.4. The van der Waals surface area contributed by atoms with Gasteiger partial charge in [0, 0.05) is 54.5 Å². The molecular formula is C25H31Cl3N6O. The van der Waals surface area contributed by atoms with Gasteiger partial charge in [-0.25, -0.2) is 4.98 Å². The van der Waals surface area contributed by atoms with Crippen LogP contribution >= 0.6 is 34.8 Å². The number of ether oxygens (including phenoxy) is 1. The summed E-state index contributed by atoms with van der Waals surface area (Å²) in [7, 11) is 3.80.